The molecule has 2 aliphatic heterocycles. The molecule has 0 N–H and O–H groups in total. The number of piperazine rings is 1. The zero-order chi connectivity index (χ0) is 15.4. The Morgan fingerprint density at radius 2 is 1.68 bits per heavy atom. The van der Waals surface area contributed by atoms with Crippen molar-refractivity contribution in [2.75, 3.05) is 52.1 Å². The first-order valence-corrected chi connectivity index (χ1v) is 9.18. The summed E-state index contributed by atoms with van der Waals surface area (Å²) in [6.07, 6.45) is 1.05. The summed E-state index contributed by atoms with van der Waals surface area (Å²) in [5.41, 5.74) is 1.39. The number of nitrogens with zero attached hydrogens (tertiary/aromatic N) is 3. The van der Waals surface area contributed by atoms with Crippen molar-refractivity contribution >= 4 is 17.8 Å². The molecule has 5 heteroatoms. The number of urea groups is 1. The topological polar surface area (TPSA) is 26.8 Å². The molecule has 1 aromatic rings. The summed E-state index contributed by atoms with van der Waals surface area (Å²) in [4.78, 5) is 19.0. The molecule has 0 saturated carbocycles. The third-order valence-corrected chi connectivity index (χ3v) is 5.89. The SMILES string of the molecule is CN1CCN(C(=O)N2CCS[C@H](c3ccccc3)CC2)CC1. The Labute approximate surface area is 137 Å². The number of likely N-dealkylation sites (N-methyl/N-ethyl adjacent to an activating group) is 1. The van der Waals surface area contributed by atoms with E-state index in [2.05, 4.69) is 47.2 Å². The molecule has 0 aliphatic carbocycles. The van der Waals surface area contributed by atoms with Gasteiger partial charge in [-0.25, -0.2) is 4.79 Å². The predicted octanol–water partition coefficient (Wildman–Crippen LogP) is 2.53. The standard InChI is InChI=1S/C17H25N3OS/c1-18-9-11-20(12-10-18)17(21)19-8-7-16(22-14-13-19)15-5-3-2-4-6-15/h2-6,16H,7-14H2,1H3/t16-/m0/s1. The molecular weight excluding hydrogens is 294 g/mol. The van der Waals surface area contributed by atoms with E-state index in [1.165, 1.54) is 5.56 Å². The number of benzene rings is 1. The summed E-state index contributed by atoms with van der Waals surface area (Å²) >= 11 is 1.98. The number of rotatable bonds is 1. The van der Waals surface area contributed by atoms with Gasteiger partial charge in [-0.15, -0.1) is 0 Å². The third-order valence-electron chi connectivity index (χ3n) is 4.56. The zero-order valence-electron chi connectivity index (χ0n) is 13.3. The fraction of sp³-hybridized carbons (Fsp3) is 0.588. The Hall–Kier alpha value is -1.20. The Bertz CT molecular complexity index is 488. The van der Waals surface area contributed by atoms with Crippen LogP contribution in [0.15, 0.2) is 30.3 Å². The molecule has 1 aromatic carbocycles. The van der Waals surface area contributed by atoms with Gasteiger partial charge in [0.15, 0.2) is 0 Å². The fourth-order valence-corrected chi connectivity index (χ4v) is 4.32. The second kappa shape index (κ2) is 7.38. The molecule has 22 heavy (non-hydrogen) atoms. The summed E-state index contributed by atoms with van der Waals surface area (Å²) in [7, 11) is 2.12. The van der Waals surface area contributed by atoms with Gasteiger partial charge in [0, 0.05) is 50.3 Å². The van der Waals surface area contributed by atoms with Gasteiger partial charge in [-0.1, -0.05) is 30.3 Å². The molecule has 0 radical (unpaired) electrons. The second-order valence-corrected chi connectivity index (χ2v) is 7.43. The number of hydrogen-bond acceptors (Lipinski definition) is 3. The van der Waals surface area contributed by atoms with Crippen molar-refractivity contribution in [3.63, 3.8) is 0 Å². The molecule has 2 amide bonds. The van der Waals surface area contributed by atoms with E-state index in [9.17, 15) is 4.79 Å². The van der Waals surface area contributed by atoms with Crippen molar-refractivity contribution < 1.29 is 4.79 Å². The fourth-order valence-electron chi connectivity index (χ4n) is 3.09. The number of carbonyl (C=O) groups excluding carboxylic acids is 1. The lowest BCUT2D eigenvalue weighted by atomic mass is 10.1. The molecular formula is C17H25N3OS. The molecule has 0 aromatic heterocycles. The first-order valence-electron chi connectivity index (χ1n) is 8.13. The van der Waals surface area contributed by atoms with E-state index in [1.54, 1.807) is 0 Å². The number of hydrogen-bond donors (Lipinski definition) is 0. The molecule has 2 fully saturated rings. The van der Waals surface area contributed by atoms with Crippen molar-refractivity contribution in [1.82, 2.24) is 14.7 Å². The molecule has 2 aliphatic rings. The van der Waals surface area contributed by atoms with E-state index in [1.807, 2.05) is 16.7 Å². The minimum atomic E-state index is 0.238. The van der Waals surface area contributed by atoms with Crippen LogP contribution in [0.2, 0.25) is 0 Å². The molecule has 3 rings (SSSR count). The highest BCUT2D eigenvalue weighted by molar-refractivity contribution is 7.99. The normalized spacial score (nSPS) is 24.1. The van der Waals surface area contributed by atoms with Crippen LogP contribution >= 0.6 is 11.8 Å². The monoisotopic (exact) mass is 319 g/mol. The quantitative estimate of drug-likeness (QED) is 0.796. The molecule has 2 saturated heterocycles. The zero-order valence-corrected chi connectivity index (χ0v) is 14.1. The van der Waals surface area contributed by atoms with Gasteiger partial charge in [-0.2, -0.15) is 11.8 Å². The average molecular weight is 319 g/mol. The smallest absolute Gasteiger partial charge is 0.320 e. The van der Waals surface area contributed by atoms with Crippen LogP contribution < -0.4 is 0 Å². The van der Waals surface area contributed by atoms with Crippen LogP contribution in [0.4, 0.5) is 4.79 Å². The van der Waals surface area contributed by atoms with Crippen molar-refractivity contribution in [3.05, 3.63) is 35.9 Å². The van der Waals surface area contributed by atoms with Crippen molar-refractivity contribution in [2.24, 2.45) is 0 Å². The Morgan fingerprint density at radius 3 is 2.41 bits per heavy atom. The molecule has 1 atom stereocenters. The van der Waals surface area contributed by atoms with Crippen LogP contribution in [0.1, 0.15) is 17.2 Å². The maximum atomic E-state index is 12.7. The first kappa shape index (κ1) is 15.7. The third kappa shape index (κ3) is 3.76. The lowest BCUT2D eigenvalue weighted by molar-refractivity contribution is 0.124. The number of amides is 2. The van der Waals surface area contributed by atoms with E-state index in [4.69, 9.17) is 0 Å². The Kier molecular flexibility index (Phi) is 5.26. The minimum Gasteiger partial charge on any atom is -0.324 e. The predicted molar refractivity (Wildman–Crippen MR) is 92.3 cm³/mol. The lowest BCUT2D eigenvalue weighted by Crippen LogP contribution is -2.52. The van der Waals surface area contributed by atoms with E-state index >= 15 is 0 Å². The summed E-state index contributed by atoms with van der Waals surface area (Å²) < 4.78 is 0. The Morgan fingerprint density at radius 1 is 1.00 bits per heavy atom. The van der Waals surface area contributed by atoms with Gasteiger partial charge in [-0.3, -0.25) is 0 Å². The molecule has 2 heterocycles. The molecule has 0 bridgehead atoms. The summed E-state index contributed by atoms with van der Waals surface area (Å²) in [5, 5.41) is 0.520. The Balaban J connectivity index is 1.57. The van der Waals surface area contributed by atoms with Gasteiger partial charge in [0.2, 0.25) is 0 Å². The van der Waals surface area contributed by atoms with E-state index in [-0.39, 0.29) is 6.03 Å². The lowest BCUT2D eigenvalue weighted by Gasteiger charge is -2.35. The van der Waals surface area contributed by atoms with Crippen molar-refractivity contribution in [3.8, 4) is 0 Å². The second-order valence-electron chi connectivity index (χ2n) is 6.12. The largest absolute Gasteiger partial charge is 0.324 e. The highest BCUT2D eigenvalue weighted by Crippen LogP contribution is 2.34. The van der Waals surface area contributed by atoms with Gasteiger partial charge in [-0.05, 0) is 19.0 Å². The van der Waals surface area contributed by atoms with Gasteiger partial charge >= 0.3 is 6.03 Å². The van der Waals surface area contributed by atoms with Crippen LogP contribution in [-0.2, 0) is 0 Å². The number of carbonyl (C=O) groups is 1. The molecule has 120 valence electrons. The number of thioether (sulfide) groups is 1. The molecule has 4 nitrogen and oxygen atoms in total. The summed E-state index contributed by atoms with van der Waals surface area (Å²) in [6, 6.07) is 10.9. The summed E-state index contributed by atoms with van der Waals surface area (Å²) in [6.45, 7) is 5.45. The maximum Gasteiger partial charge on any atom is 0.320 e. The van der Waals surface area contributed by atoms with E-state index < -0.39 is 0 Å². The van der Waals surface area contributed by atoms with Gasteiger partial charge in [0.05, 0.1) is 0 Å². The van der Waals surface area contributed by atoms with Crippen LogP contribution in [0.5, 0.6) is 0 Å². The van der Waals surface area contributed by atoms with Gasteiger partial charge in [0.1, 0.15) is 0 Å². The van der Waals surface area contributed by atoms with E-state index in [0.29, 0.717) is 5.25 Å². The van der Waals surface area contributed by atoms with Crippen molar-refractivity contribution in [2.45, 2.75) is 11.7 Å². The maximum absolute atomic E-state index is 12.7. The summed E-state index contributed by atoms with van der Waals surface area (Å²) in [5.74, 6) is 1.03. The average Bonchev–Trinajstić information content (AvgIpc) is 2.82. The van der Waals surface area contributed by atoms with Crippen LogP contribution in [0.3, 0.4) is 0 Å². The van der Waals surface area contributed by atoms with Crippen molar-refractivity contribution in [1.29, 1.82) is 0 Å². The minimum absolute atomic E-state index is 0.238. The highest BCUT2D eigenvalue weighted by atomic mass is 32.2. The molecule has 0 spiro atoms. The van der Waals surface area contributed by atoms with Crippen LogP contribution in [0.25, 0.3) is 0 Å². The van der Waals surface area contributed by atoms with Crippen LogP contribution in [-0.4, -0.2) is 72.8 Å². The first-order chi connectivity index (χ1) is 10.7. The highest BCUT2D eigenvalue weighted by Gasteiger charge is 2.27. The van der Waals surface area contributed by atoms with Gasteiger partial charge < -0.3 is 14.7 Å². The molecule has 0 unspecified atom stereocenters. The van der Waals surface area contributed by atoms with E-state index in [0.717, 1.165) is 51.4 Å². The van der Waals surface area contributed by atoms with Gasteiger partial charge in [0.25, 0.3) is 0 Å². The van der Waals surface area contributed by atoms with Crippen LogP contribution in [0, 0.1) is 0 Å².